The van der Waals surface area contributed by atoms with Crippen LogP contribution >= 0.6 is 0 Å². The zero-order valence-electron chi connectivity index (χ0n) is 12.5. The van der Waals surface area contributed by atoms with Gasteiger partial charge in [0.25, 0.3) is 0 Å². The van der Waals surface area contributed by atoms with Crippen molar-refractivity contribution in [3.63, 3.8) is 0 Å². The first-order valence-electron chi connectivity index (χ1n) is 7.09. The topological polar surface area (TPSA) is 75.4 Å². The Bertz CT molecular complexity index is 328. The minimum Gasteiger partial charge on any atom is -0.353 e. The zero-order chi connectivity index (χ0) is 14.6. The molecule has 0 aromatic heterocycles. The van der Waals surface area contributed by atoms with Gasteiger partial charge in [-0.25, -0.2) is 0 Å². The number of carbonyl (C=O) groups is 2. The summed E-state index contributed by atoms with van der Waals surface area (Å²) < 4.78 is 0. The van der Waals surface area contributed by atoms with Crippen molar-refractivity contribution in [1.82, 2.24) is 10.2 Å². The fraction of sp³-hybridized carbons (Fsp3) is 0.857. The summed E-state index contributed by atoms with van der Waals surface area (Å²) in [6.45, 7) is 9.13. The Morgan fingerprint density at radius 2 is 1.84 bits per heavy atom. The van der Waals surface area contributed by atoms with Crippen molar-refractivity contribution < 1.29 is 9.59 Å². The summed E-state index contributed by atoms with van der Waals surface area (Å²) in [5, 5.41) is 2.98. The fourth-order valence-corrected chi connectivity index (χ4v) is 2.14. The summed E-state index contributed by atoms with van der Waals surface area (Å²) >= 11 is 0. The van der Waals surface area contributed by atoms with E-state index in [1.54, 1.807) is 0 Å². The Morgan fingerprint density at radius 1 is 1.32 bits per heavy atom. The maximum Gasteiger partial charge on any atom is 0.240 e. The smallest absolute Gasteiger partial charge is 0.240 e. The van der Waals surface area contributed by atoms with Gasteiger partial charge in [-0.3, -0.25) is 9.59 Å². The lowest BCUT2D eigenvalue weighted by molar-refractivity contribution is -0.136. The van der Waals surface area contributed by atoms with E-state index in [1.807, 2.05) is 32.6 Å². The van der Waals surface area contributed by atoms with Gasteiger partial charge in [-0.2, -0.15) is 0 Å². The summed E-state index contributed by atoms with van der Waals surface area (Å²) in [7, 11) is 0. The molecule has 110 valence electrons. The third-order valence-electron chi connectivity index (χ3n) is 3.69. The third-order valence-corrected chi connectivity index (χ3v) is 3.69. The molecule has 5 nitrogen and oxygen atoms in total. The van der Waals surface area contributed by atoms with E-state index in [4.69, 9.17) is 5.73 Å². The van der Waals surface area contributed by atoms with Crippen LogP contribution in [0.4, 0.5) is 0 Å². The highest BCUT2D eigenvalue weighted by molar-refractivity contribution is 5.82. The highest BCUT2D eigenvalue weighted by Crippen LogP contribution is 2.21. The largest absolute Gasteiger partial charge is 0.353 e. The first kappa shape index (κ1) is 16.0. The Hall–Kier alpha value is -1.10. The van der Waals surface area contributed by atoms with Crippen molar-refractivity contribution in [3.8, 4) is 0 Å². The van der Waals surface area contributed by atoms with Gasteiger partial charge in [0.05, 0.1) is 6.04 Å². The second-order valence-electron chi connectivity index (χ2n) is 6.36. The summed E-state index contributed by atoms with van der Waals surface area (Å²) in [5.41, 5.74) is 5.78. The van der Waals surface area contributed by atoms with Crippen LogP contribution in [0.15, 0.2) is 0 Å². The van der Waals surface area contributed by atoms with Crippen LogP contribution in [0, 0.1) is 5.41 Å². The van der Waals surface area contributed by atoms with Crippen LogP contribution in [-0.4, -0.2) is 41.9 Å². The molecule has 19 heavy (non-hydrogen) atoms. The Balaban J connectivity index is 2.45. The second-order valence-corrected chi connectivity index (χ2v) is 6.36. The van der Waals surface area contributed by atoms with Crippen LogP contribution in [0.2, 0.25) is 0 Å². The molecule has 1 atom stereocenters. The van der Waals surface area contributed by atoms with Crippen molar-refractivity contribution in [2.75, 3.05) is 13.1 Å². The quantitative estimate of drug-likeness (QED) is 0.798. The lowest BCUT2D eigenvalue weighted by atomic mass is 9.86. The summed E-state index contributed by atoms with van der Waals surface area (Å²) in [4.78, 5) is 25.4. The van der Waals surface area contributed by atoms with Crippen molar-refractivity contribution in [1.29, 1.82) is 0 Å². The molecule has 1 rings (SSSR count). The maximum absolute atomic E-state index is 12.2. The number of rotatable bonds is 3. The average Bonchev–Trinajstić information content (AvgIpc) is 2.36. The minimum absolute atomic E-state index is 0.0211. The molecule has 1 saturated heterocycles. The van der Waals surface area contributed by atoms with Crippen LogP contribution in [0.5, 0.6) is 0 Å². The minimum atomic E-state index is -0.464. The van der Waals surface area contributed by atoms with E-state index in [-0.39, 0.29) is 23.3 Å². The lowest BCUT2D eigenvalue weighted by Crippen LogP contribution is -2.54. The van der Waals surface area contributed by atoms with Crippen molar-refractivity contribution in [2.45, 2.75) is 59.0 Å². The fourth-order valence-electron chi connectivity index (χ4n) is 2.14. The number of nitrogens with two attached hydrogens (primary N) is 1. The molecule has 0 aliphatic carbocycles. The molecule has 1 fully saturated rings. The van der Waals surface area contributed by atoms with Crippen molar-refractivity contribution in [3.05, 3.63) is 0 Å². The van der Waals surface area contributed by atoms with Gasteiger partial charge in [0, 0.05) is 25.6 Å². The van der Waals surface area contributed by atoms with Crippen molar-refractivity contribution in [2.24, 2.45) is 11.1 Å². The Kier molecular flexibility index (Phi) is 5.35. The molecule has 0 aromatic rings. The summed E-state index contributed by atoms with van der Waals surface area (Å²) in [6, 6.07) is -0.267. The SMILES string of the molecule is CCC(=O)NC1CCN(C(=O)[C@H](N)C(C)(C)C)CC1. The van der Waals surface area contributed by atoms with Gasteiger partial charge >= 0.3 is 0 Å². The van der Waals surface area contributed by atoms with Crippen LogP contribution < -0.4 is 11.1 Å². The van der Waals surface area contributed by atoms with E-state index >= 15 is 0 Å². The highest BCUT2D eigenvalue weighted by Gasteiger charge is 2.33. The van der Waals surface area contributed by atoms with E-state index in [0.29, 0.717) is 19.5 Å². The number of nitrogens with one attached hydrogen (secondary N) is 1. The standard InChI is InChI=1S/C14H27N3O2/c1-5-11(18)16-10-6-8-17(9-7-10)13(19)12(15)14(2,3)4/h10,12H,5-9,15H2,1-4H3,(H,16,18)/t12-/m0/s1. The van der Waals surface area contributed by atoms with Gasteiger partial charge in [0.2, 0.25) is 11.8 Å². The molecule has 0 aromatic carbocycles. The first-order valence-corrected chi connectivity index (χ1v) is 7.09. The van der Waals surface area contributed by atoms with Gasteiger partial charge in [-0.05, 0) is 18.3 Å². The van der Waals surface area contributed by atoms with Crippen LogP contribution in [0.1, 0.15) is 47.0 Å². The lowest BCUT2D eigenvalue weighted by Gasteiger charge is -2.36. The number of nitrogens with zero attached hydrogens (tertiary/aromatic N) is 1. The van der Waals surface area contributed by atoms with Gasteiger partial charge in [-0.1, -0.05) is 27.7 Å². The molecule has 2 amide bonds. The molecule has 5 heteroatoms. The third kappa shape index (κ3) is 4.49. The highest BCUT2D eigenvalue weighted by atomic mass is 16.2. The predicted molar refractivity (Wildman–Crippen MR) is 75.5 cm³/mol. The average molecular weight is 269 g/mol. The van der Waals surface area contributed by atoms with E-state index in [1.165, 1.54) is 0 Å². The van der Waals surface area contributed by atoms with Crippen LogP contribution in [0.3, 0.4) is 0 Å². The Labute approximate surface area is 115 Å². The van der Waals surface area contributed by atoms with Crippen LogP contribution in [0.25, 0.3) is 0 Å². The number of amides is 2. The zero-order valence-corrected chi connectivity index (χ0v) is 12.5. The normalized spacial score (nSPS) is 19.1. The maximum atomic E-state index is 12.2. The molecule has 0 saturated carbocycles. The Morgan fingerprint density at radius 3 is 2.26 bits per heavy atom. The second kappa shape index (κ2) is 6.37. The number of hydrogen-bond donors (Lipinski definition) is 2. The van der Waals surface area contributed by atoms with Gasteiger partial charge in [0.1, 0.15) is 0 Å². The molecule has 0 radical (unpaired) electrons. The molecule has 0 spiro atoms. The molecule has 3 N–H and O–H groups in total. The van der Waals surface area contributed by atoms with E-state index < -0.39 is 6.04 Å². The molecule has 1 aliphatic heterocycles. The number of piperidine rings is 1. The summed E-state index contributed by atoms with van der Waals surface area (Å²) in [6.07, 6.45) is 2.14. The first-order chi connectivity index (χ1) is 8.75. The molecular weight excluding hydrogens is 242 g/mol. The molecule has 0 unspecified atom stereocenters. The monoisotopic (exact) mass is 269 g/mol. The molecule has 1 heterocycles. The van der Waals surface area contributed by atoms with Crippen LogP contribution in [-0.2, 0) is 9.59 Å². The summed E-state index contributed by atoms with van der Waals surface area (Å²) in [5.74, 6) is 0.101. The van der Waals surface area contributed by atoms with Gasteiger partial charge in [-0.15, -0.1) is 0 Å². The van der Waals surface area contributed by atoms with E-state index in [9.17, 15) is 9.59 Å². The van der Waals surface area contributed by atoms with Crippen molar-refractivity contribution >= 4 is 11.8 Å². The van der Waals surface area contributed by atoms with Gasteiger partial charge < -0.3 is 16.0 Å². The van der Waals surface area contributed by atoms with E-state index in [0.717, 1.165) is 12.8 Å². The molecule has 0 bridgehead atoms. The number of hydrogen-bond acceptors (Lipinski definition) is 3. The van der Waals surface area contributed by atoms with Gasteiger partial charge in [0.15, 0.2) is 0 Å². The number of carbonyl (C=O) groups excluding carboxylic acids is 2. The predicted octanol–water partition coefficient (Wildman–Crippen LogP) is 0.877. The molecular formula is C14H27N3O2. The molecule has 1 aliphatic rings. The number of likely N-dealkylation sites (tertiary alicyclic amines) is 1. The van der Waals surface area contributed by atoms with E-state index in [2.05, 4.69) is 5.32 Å².